The highest BCUT2D eigenvalue weighted by atomic mass is 79.9. The number of hydrogen-bond acceptors (Lipinski definition) is 1. The van der Waals surface area contributed by atoms with Crippen molar-refractivity contribution in [3.05, 3.63) is 50.7 Å². The maximum atomic E-state index is 5.99. The van der Waals surface area contributed by atoms with Crippen LogP contribution >= 0.6 is 27.5 Å². The molecule has 0 aliphatic heterocycles. The van der Waals surface area contributed by atoms with Crippen LogP contribution in [0.2, 0.25) is 5.02 Å². The maximum Gasteiger partial charge on any atom is 0.0502 e. The molecule has 0 aliphatic carbocycles. The number of halogens is 2. The van der Waals surface area contributed by atoms with Crippen molar-refractivity contribution < 1.29 is 0 Å². The van der Waals surface area contributed by atoms with Gasteiger partial charge in [0.1, 0.15) is 0 Å². The molecule has 2 rings (SSSR count). The second kappa shape index (κ2) is 5.37. The number of nitrogens with zero attached hydrogens (tertiary/aromatic N) is 1. The van der Waals surface area contributed by atoms with E-state index in [9.17, 15) is 0 Å². The molecule has 1 aromatic heterocycles. The normalized spacial score (nSPS) is 10.7. The van der Waals surface area contributed by atoms with Crippen LogP contribution in [0.15, 0.2) is 28.7 Å². The van der Waals surface area contributed by atoms with Gasteiger partial charge in [0.05, 0.1) is 5.69 Å². The van der Waals surface area contributed by atoms with Gasteiger partial charge in [0.2, 0.25) is 0 Å². The lowest BCUT2D eigenvalue weighted by atomic mass is 10.2. The molecule has 0 radical (unpaired) electrons. The molecule has 0 saturated carbocycles. The van der Waals surface area contributed by atoms with Gasteiger partial charge in [-0.1, -0.05) is 11.6 Å². The predicted octanol–water partition coefficient (Wildman–Crippen LogP) is 4.67. The Balaban J connectivity index is 2.16. The molecule has 0 amide bonds. The van der Waals surface area contributed by atoms with Crippen LogP contribution in [0.4, 0.5) is 5.69 Å². The molecule has 0 atom stereocenters. The van der Waals surface area contributed by atoms with E-state index >= 15 is 0 Å². The summed E-state index contributed by atoms with van der Waals surface area (Å²) in [4.78, 5) is 0. The smallest absolute Gasteiger partial charge is 0.0502 e. The summed E-state index contributed by atoms with van der Waals surface area (Å²) in [6, 6.07) is 7.96. The molecule has 2 nitrogen and oxygen atoms in total. The van der Waals surface area contributed by atoms with Gasteiger partial charge in [0.15, 0.2) is 0 Å². The SMILES string of the molecule is Cc1cc(CNc2cc(Cl)ccc2Br)c(C)n1C. The third-order valence-corrected chi connectivity index (χ3v) is 4.20. The van der Waals surface area contributed by atoms with Gasteiger partial charge in [0, 0.05) is 34.5 Å². The van der Waals surface area contributed by atoms with Crippen molar-refractivity contribution in [2.75, 3.05) is 5.32 Å². The van der Waals surface area contributed by atoms with Gasteiger partial charge in [-0.2, -0.15) is 0 Å². The predicted molar refractivity (Wildman–Crippen MR) is 81.4 cm³/mol. The molecule has 96 valence electrons. The highest BCUT2D eigenvalue weighted by Gasteiger charge is 2.07. The van der Waals surface area contributed by atoms with Gasteiger partial charge in [-0.3, -0.25) is 0 Å². The maximum absolute atomic E-state index is 5.99. The van der Waals surface area contributed by atoms with Gasteiger partial charge in [-0.05, 0) is 59.6 Å². The van der Waals surface area contributed by atoms with E-state index in [0.717, 1.165) is 21.7 Å². The van der Waals surface area contributed by atoms with Crippen LogP contribution in [0.25, 0.3) is 0 Å². The van der Waals surface area contributed by atoms with Crippen LogP contribution in [0.5, 0.6) is 0 Å². The first kappa shape index (κ1) is 13.5. The van der Waals surface area contributed by atoms with Crippen LogP contribution < -0.4 is 5.32 Å². The van der Waals surface area contributed by atoms with E-state index in [1.54, 1.807) is 0 Å². The van der Waals surface area contributed by atoms with Crippen LogP contribution in [0, 0.1) is 13.8 Å². The minimum atomic E-state index is 0.738. The lowest BCUT2D eigenvalue weighted by Crippen LogP contribution is -2.02. The summed E-state index contributed by atoms with van der Waals surface area (Å²) in [6.45, 7) is 5.05. The molecule has 0 unspecified atom stereocenters. The quantitative estimate of drug-likeness (QED) is 0.867. The second-order valence-electron chi connectivity index (χ2n) is 4.43. The van der Waals surface area contributed by atoms with Crippen LogP contribution in [-0.2, 0) is 13.6 Å². The zero-order valence-corrected chi connectivity index (χ0v) is 13.1. The van der Waals surface area contributed by atoms with Crippen LogP contribution in [0.3, 0.4) is 0 Å². The fraction of sp³-hybridized carbons (Fsp3) is 0.286. The monoisotopic (exact) mass is 326 g/mol. The van der Waals surface area contributed by atoms with Crippen LogP contribution in [0.1, 0.15) is 17.0 Å². The molecule has 0 spiro atoms. The topological polar surface area (TPSA) is 17.0 Å². The van der Waals surface area contributed by atoms with Gasteiger partial charge in [-0.25, -0.2) is 0 Å². The fourth-order valence-electron chi connectivity index (χ4n) is 1.94. The number of benzene rings is 1. The van der Waals surface area contributed by atoms with E-state index in [2.05, 4.69) is 52.8 Å². The van der Waals surface area contributed by atoms with Crippen molar-refractivity contribution in [1.82, 2.24) is 4.57 Å². The molecule has 4 heteroatoms. The average molecular weight is 328 g/mol. The minimum Gasteiger partial charge on any atom is -0.380 e. The van der Waals surface area contributed by atoms with Gasteiger partial charge in [-0.15, -0.1) is 0 Å². The first-order chi connectivity index (χ1) is 8.49. The first-order valence-electron chi connectivity index (χ1n) is 5.79. The standard InChI is InChI=1S/C14H16BrClN2/c1-9-6-11(10(2)18(9)3)8-17-14-7-12(16)4-5-13(14)15/h4-7,17H,8H2,1-3H3. The van der Waals surface area contributed by atoms with Crippen molar-refractivity contribution >= 4 is 33.2 Å². The second-order valence-corrected chi connectivity index (χ2v) is 5.72. The molecular weight excluding hydrogens is 312 g/mol. The fourth-order valence-corrected chi connectivity index (χ4v) is 2.49. The van der Waals surface area contributed by atoms with E-state index in [-0.39, 0.29) is 0 Å². The summed E-state index contributed by atoms with van der Waals surface area (Å²) < 4.78 is 3.22. The zero-order chi connectivity index (χ0) is 13.3. The molecule has 0 aliphatic rings. The number of rotatable bonds is 3. The summed E-state index contributed by atoms with van der Waals surface area (Å²) >= 11 is 9.51. The number of anilines is 1. The summed E-state index contributed by atoms with van der Waals surface area (Å²) in [5, 5.41) is 4.14. The Hall–Kier alpha value is -0.930. The van der Waals surface area contributed by atoms with E-state index in [1.165, 1.54) is 17.0 Å². The van der Waals surface area contributed by atoms with Crippen LogP contribution in [-0.4, -0.2) is 4.57 Å². The Bertz CT molecular complexity index is 575. The first-order valence-corrected chi connectivity index (χ1v) is 6.97. The van der Waals surface area contributed by atoms with Crippen molar-refractivity contribution in [1.29, 1.82) is 0 Å². The largest absolute Gasteiger partial charge is 0.380 e. The molecule has 0 fully saturated rings. The molecular formula is C14H16BrClN2. The zero-order valence-electron chi connectivity index (χ0n) is 10.7. The molecule has 1 aromatic carbocycles. The van der Waals surface area contributed by atoms with Gasteiger partial charge >= 0.3 is 0 Å². The van der Waals surface area contributed by atoms with E-state index in [4.69, 9.17) is 11.6 Å². The Morgan fingerprint density at radius 3 is 2.61 bits per heavy atom. The van der Waals surface area contributed by atoms with Crippen molar-refractivity contribution in [2.24, 2.45) is 7.05 Å². The Morgan fingerprint density at radius 2 is 2.00 bits per heavy atom. The summed E-state index contributed by atoms with van der Waals surface area (Å²) in [6.07, 6.45) is 0. The highest BCUT2D eigenvalue weighted by Crippen LogP contribution is 2.26. The Labute approximate surface area is 121 Å². The van der Waals surface area contributed by atoms with Crippen molar-refractivity contribution in [3.8, 4) is 0 Å². The number of nitrogens with one attached hydrogen (secondary N) is 1. The van der Waals surface area contributed by atoms with E-state index in [1.807, 2.05) is 18.2 Å². The van der Waals surface area contributed by atoms with Gasteiger partial charge < -0.3 is 9.88 Å². The lowest BCUT2D eigenvalue weighted by molar-refractivity contribution is 0.837. The molecule has 2 aromatic rings. The molecule has 18 heavy (non-hydrogen) atoms. The van der Waals surface area contributed by atoms with Crippen molar-refractivity contribution in [3.63, 3.8) is 0 Å². The summed E-state index contributed by atoms with van der Waals surface area (Å²) in [7, 11) is 2.09. The van der Waals surface area contributed by atoms with E-state index in [0.29, 0.717) is 0 Å². The molecule has 1 heterocycles. The minimum absolute atomic E-state index is 0.738. The number of aromatic nitrogens is 1. The number of aryl methyl sites for hydroxylation is 1. The number of hydrogen-bond donors (Lipinski definition) is 1. The third-order valence-electron chi connectivity index (χ3n) is 3.28. The van der Waals surface area contributed by atoms with E-state index < -0.39 is 0 Å². The molecule has 0 bridgehead atoms. The summed E-state index contributed by atoms with van der Waals surface area (Å²) in [5.74, 6) is 0. The highest BCUT2D eigenvalue weighted by molar-refractivity contribution is 9.10. The van der Waals surface area contributed by atoms with Crippen molar-refractivity contribution in [2.45, 2.75) is 20.4 Å². The third kappa shape index (κ3) is 2.73. The lowest BCUT2D eigenvalue weighted by Gasteiger charge is -2.09. The summed E-state index contributed by atoms with van der Waals surface area (Å²) in [5.41, 5.74) is 4.89. The van der Waals surface area contributed by atoms with Gasteiger partial charge in [0.25, 0.3) is 0 Å². The molecule has 0 saturated heterocycles. The Morgan fingerprint density at radius 1 is 1.28 bits per heavy atom. The molecule has 1 N–H and O–H groups in total. The average Bonchev–Trinajstić information content (AvgIpc) is 2.58. The Kier molecular flexibility index (Phi) is 4.03.